The maximum absolute atomic E-state index is 13.9. The first kappa shape index (κ1) is 23.2. The summed E-state index contributed by atoms with van der Waals surface area (Å²) < 4.78 is 52.5. The van der Waals surface area contributed by atoms with Crippen molar-refractivity contribution >= 4 is 19.0 Å². The zero-order valence-corrected chi connectivity index (χ0v) is 16.8. The molecule has 0 spiro atoms. The van der Waals surface area contributed by atoms with Crippen molar-refractivity contribution in [2.24, 2.45) is 0 Å². The Labute approximate surface area is 156 Å². The highest BCUT2D eigenvalue weighted by Crippen LogP contribution is 2.67. The molecule has 0 radical (unpaired) electrons. The second-order valence-corrected chi connectivity index (χ2v) is 11.2. The van der Waals surface area contributed by atoms with Gasteiger partial charge in [-0.25, -0.2) is 4.79 Å². The number of benzene rings is 1. The number of hydrogen-bond donors (Lipinski definition) is 2. The van der Waals surface area contributed by atoms with Crippen molar-refractivity contribution in [2.75, 3.05) is 0 Å². The molecule has 0 aliphatic heterocycles. The number of carboxylic acids is 1. The van der Waals surface area contributed by atoms with Crippen molar-refractivity contribution in [3.63, 3.8) is 0 Å². The van der Waals surface area contributed by atoms with E-state index in [1.54, 1.807) is 27.7 Å². The molecule has 0 heterocycles. The topological polar surface area (TPSA) is 83.5 Å². The fourth-order valence-electron chi connectivity index (χ4n) is 3.26. The Morgan fingerprint density at radius 3 is 1.78 bits per heavy atom. The summed E-state index contributed by atoms with van der Waals surface area (Å²) in [5.74, 6) is -2.02. The van der Waals surface area contributed by atoms with Crippen molar-refractivity contribution in [2.45, 2.75) is 63.8 Å². The van der Waals surface area contributed by atoms with Crippen LogP contribution in [-0.2, 0) is 20.3 Å². The number of halogens is 3. The van der Waals surface area contributed by atoms with Gasteiger partial charge in [-0.05, 0) is 17.7 Å². The Balaban J connectivity index is 3.65. The standard InChI is InChI=1S/C18H25F3NO4P/c1-10(2)27(26,11(3)4)16(15(17(24)25)22-12(5)23)13-6-8-14(9-7-13)18(19,20)21/h6-11,15-16H,1-5H3,(H,22,23)(H,24,25). The Kier molecular flexibility index (Phi) is 7.28. The molecule has 9 heteroatoms. The van der Waals surface area contributed by atoms with E-state index < -0.39 is 53.8 Å². The van der Waals surface area contributed by atoms with Crippen LogP contribution in [0, 0.1) is 0 Å². The van der Waals surface area contributed by atoms with Crippen molar-refractivity contribution in [3.05, 3.63) is 35.4 Å². The fourth-order valence-corrected chi connectivity index (χ4v) is 7.04. The van der Waals surface area contributed by atoms with E-state index in [-0.39, 0.29) is 5.56 Å². The summed E-state index contributed by atoms with van der Waals surface area (Å²) in [6, 6.07) is 2.43. The van der Waals surface area contributed by atoms with E-state index in [4.69, 9.17) is 0 Å². The van der Waals surface area contributed by atoms with E-state index in [1.165, 1.54) is 0 Å². The van der Waals surface area contributed by atoms with Crippen molar-refractivity contribution in [1.82, 2.24) is 5.32 Å². The number of amides is 1. The predicted molar refractivity (Wildman–Crippen MR) is 97.3 cm³/mol. The second kappa shape index (κ2) is 8.46. The molecular formula is C18H25F3NO4P. The number of carbonyl (C=O) groups excluding carboxylic acids is 1. The average Bonchev–Trinajstić information content (AvgIpc) is 2.52. The predicted octanol–water partition coefficient (Wildman–Crippen LogP) is 4.52. The van der Waals surface area contributed by atoms with Gasteiger partial charge in [-0.15, -0.1) is 0 Å². The zero-order valence-electron chi connectivity index (χ0n) is 15.9. The normalized spacial score (nSPS) is 14.9. The lowest BCUT2D eigenvalue weighted by atomic mass is 10.0. The van der Waals surface area contributed by atoms with Crippen molar-refractivity contribution in [1.29, 1.82) is 0 Å². The minimum atomic E-state index is -4.54. The quantitative estimate of drug-likeness (QED) is 0.651. The van der Waals surface area contributed by atoms with E-state index >= 15 is 0 Å². The van der Waals surface area contributed by atoms with E-state index in [0.29, 0.717) is 0 Å². The lowest BCUT2D eigenvalue weighted by Crippen LogP contribution is -2.45. The summed E-state index contributed by atoms with van der Waals surface area (Å²) in [5, 5.41) is 12.0. The third-order valence-electron chi connectivity index (χ3n) is 4.57. The number of rotatable bonds is 7. The number of hydrogen-bond acceptors (Lipinski definition) is 3. The first-order valence-electron chi connectivity index (χ1n) is 8.49. The van der Waals surface area contributed by atoms with E-state index in [2.05, 4.69) is 5.32 Å². The number of carboxylic acid groups (broad SMARTS) is 1. The van der Waals surface area contributed by atoms with Gasteiger partial charge in [-0.1, -0.05) is 39.8 Å². The van der Waals surface area contributed by atoms with Crippen LogP contribution < -0.4 is 5.32 Å². The average molecular weight is 407 g/mol. The van der Waals surface area contributed by atoms with Crippen molar-refractivity contribution < 1.29 is 32.4 Å². The molecule has 1 rings (SSSR count). The van der Waals surface area contributed by atoms with Gasteiger partial charge in [0.05, 0.1) is 11.2 Å². The summed E-state index contributed by atoms with van der Waals surface area (Å²) in [7, 11) is -3.29. The second-order valence-electron chi connectivity index (χ2n) is 7.03. The van der Waals surface area contributed by atoms with E-state index in [0.717, 1.165) is 31.2 Å². The van der Waals surface area contributed by atoms with Gasteiger partial charge in [0.1, 0.15) is 13.2 Å². The molecule has 2 atom stereocenters. The highest BCUT2D eigenvalue weighted by atomic mass is 31.2. The summed E-state index contributed by atoms with van der Waals surface area (Å²) in [4.78, 5) is 23.4. The Morgan fingerprint density at radius 2 is 1.48 bits per heavy atom. The first-order chi connectivity index (χ1) is 12.2. The third kappa shape index (κ3) is 5.12. The molecule has 1 aromatic rings. The van der Waals surface area contributed by atoms with Gasteiger partial charge in [0.25, 0.3) is 0 Å². The molecule has 1 amide bonds. The molecule has 0 fully saturated rings. The molecule has 0 bridgehead atoms. The molecule has 0 saturated heterocycles. The smallest absolute Gasteiger partial charge is 0.416 e. The summed E-state index contributed by atoms with van der Waals surface area (Å²) >= 11 is 0. The number of alkyl halides is 3. The minimum Gasteiger partial charge on any atom is -0.480 e. The van der Waals surface area contributed by atoms with E-state index in [1.807, 2.05) is 0 Å². The van der Waals surface area contributed by atoms with Gasteiger partial charge in [-0.3, -0.25) is 4.79 Å². The van der Waals surface area contributed by atoms with Crippen LogP contribution in [0.25, 0.3) is 0 Å². The SMILES string of the molecule is CC(=O)NC(C(=O)O)C(c1ccc(C(F)(F)F)cc1)P(=O)(C(C)C)C(C)C. The molecule has 2 unspecified atom stereocenters. The molecule has 0 aromatic heterocycles. The minimum absolute atomic E-state index is 0.190. The maximum atomic E-state index is 13.9. The van der Waals surface area contributed by atoms with Crippen LogP contribution in [0.3, 0.4) is 0 Å². The Morgan fingerprint density at radius 1 is 1.04 bits per heavy atom. The fraction of sp³-hybridized carbons (Fsp3) is 0.556. The summed E-state index contributed by atoms with van der Waals surface area (Å²) in [6.45, 7) is 7.87. The van der Waals surface area contributed by atoms with Crippen LogP contribution in [0.4, 0.5) is 13.2 Å². The molecule has 0 aliphatic carbocycles. The molecule has 152 valence electrons. The monoisotopic (exact) mass is 407 g/mol. The molecule has 0 aliphatic rings. The van der Waals surface area contributed by atoms with Crippen LogP contribution in [0.5, 0.6) is 0 Å². The molecule has 2 N–H and O–H groups in total. The van der Waals surface area contributed by atoms with Crippen LogP contribution in [0.15, 0.2) is 24.3 Å². The van der Waals surface area contributed by atoms with Gasteiger partial charge in [-0.2, -0.15) is 13.2 Å². The van der Waals surface area contributed by atoms with Gasteiger partial charge in [0.2, 0.25) is 5.91 Å². The molecule has 5 nitrogen and oxygen atoms in total. The zero-order chi connectivity index (χ0) is 21.2. The third-order valence-corrected chi connectivity index (χ3v) is 9.26. The number of nitrogens with one attached hydrogen (secondary N) is 1. The van der Waals surface area contributed by atoms with Crippen LogP contribution in [0.2, 0.25) is 0 Å². The number of carbonyl (C=O) groups is 2. The highest BCUT2D eigenvalue weighted by molar-refractivity contribution is 7.65. The summed E-state index contributed by atoms with van der Waals surface area (Å²) in [5.41, 5.74) is -2.71. The largest absolute Gasteiger partial charge is 0.480 e. The van der Waals surface area contributed by atoms with Crippen LogP contribution >= 0.6 is 7.14 Å². The lowest BCUT2D eigenvalue weighted by molar-refractivity contribution is -0.141. The number of aliphatic carboxylic acids is 1. The Hall–Kier alpha value is -1.82. The molecule has 27 heavy (non-hydrogen) atoms. The first-order valence-corrected chi connectivity index (χ1v) is 10.4. The van der Waals surface area contributed by atoms with Crippen LogP contribution in [-0.4, -0.2) is 34.3 Å². The molecular weight excluding hydrogens is 382 g/mol. The van der Waals surface area contributed by atoms with Crippen LogP contribution in [0.1, 0.15) is 51.4 Å². The molecule has 1 aromatic carbocycles. The lowest BCUT2D eigenvalue weighted by Gasteiger charge is -2.37. The van der Waals surface area contributed by atoms with Gasteiger partial charge in [0, 0.05) is 18.2 Å². The van der Waals surface area contributed by atoms with Gasteiger partial charge < -0.3 is 15.0 Å². The summed E-state index contributed by atoms with van der Waals surface area (Å²) in [6.07, 6.45) is -4.54. The van der Waals surface area contributed by atoms with Gasteiger partial charge in [0.15, 0.2) is 0 Å². The highest BCUT2D eigenvalue weighted by Gasteiger charge is 2.47. The maximum Gasteiger partial charge on any atom is 0.416 e. The van der Waals surface area contributed by atoms with Crippen molar-refractivity contribution in [3.8, 4) is 0 Å². The van der Waals surface area contributed by atoms with E-state index in [9.17, 15) is 32.4 Å². The Bertz CT molecular complexity index is 717. The molecule has 0 saturated carbocycles. The van der Waals surface area contributed by atoms with Gasteiger partial charge >= 0.3 is 12.1 Å².